The molecule has 23 heavy (non-hydrogen) atoms. The molecule has 1 fully saturated rings. The van der Waals surface area contributed by atoms with E-state index in [2.05, 4.69) is 32.2 Å². The van der Waals surface area contributed by atoms with E-state index in [1.807, 2.05) is 11.8 Å². The number of hydrogen-bond donors (Lipinski definition) is 1. The predicted molar refractivity (Wildman–Crippen MR) is 97.9 cm³/mol. The number of aromatic nitrogens is 1. The molecular formula is C19H27N3S. The summed E-state index contributed by atoms with van der Waals surface area (Å²) >= 11 is 1.98. The van der Waals surface area contributed by atoms with Gasteiger partial charge < -0.3 is 5.32 Å². The summed E-state index contributed by atoms with van der Waals surface area (Å²) in [5.74, 6) is 1.83. The largest absolute Gasteiger partial charge is 0.366 e. The highest BCUT2D eigenvalue weighted by Crippen LogP contribution is 2.42. The number of anilines is 1. The zero-order valence-corrected chi connectivity index (χ0v) is 15.4. The lowest BCUT2D eigenvalue weighted by molar-refractivity contribution is 0.461. The van der Waals surface area contributed by atoms with Gasteiger partial charge in [0, 0.05) is 22.2 Å². The van der Waals surface area contributed by atoms with Gasteiger partial charge in [-0.25, -0.2) is 4.98 Å². The highest BCUT2D eigenvalue weighted by molar-refractivity contribution is 7.99. The van der Waals surface area contributed by atoms with Crippen molar-refractivity contribution in [2.24, 2.45) is 0 Å². The molecule has 0 aromatic carbocycles. The van der Waals surface area contributed by atoms with Crippen molar-refractivity contribution in [2.45, 2.75) is 82.3 Å². The molecule has 0 radical (unpaired) electrons. The Morgan fingerprint density at radius 1 is 1.26 bits per heavy atom. The molecule has 2 heterocycles. The van der Waals surface area contributed by atoms with Crippen LogP contribution in [-0.2, 0) is 18.6 Å². The molecule has 3 nitrogen and oxygen atoms in total. The topological polar surface area (TPSA) is 48.7 Å². The van der Waals surface area contributed by atoms with E-state index in [9.17, 15) is 5.26 Å². The maximum atomic E-state index is 9.80. The van der Waals surface area contributed by atoms with Crippen LogP contribution in [-0.4, -0.2) is 15.8 Å². The fourth-order valence-corrected chi connectivity index (χ4v) is 4.92. The molecule has 1 N–H and O–H groups in total. The zero-order valence-electron chi connectivity index (χ0n) is 14.5. The number of aryl methyl sites for hydroxylation is 1. The van der Waals surface area contributed by atoms with E-state index in [1.54, 1.807) is 0 Å². The number of nitrogens with zero attached hydrogens (tertiary/aromatic N) is 2. The van der Waals surface area contributed by atoms with E-state index in [0.29, 0.717) is 6.04 Å². The summed E-state index contributed by atoms with van der Waals surface area (Å²) in [6.07, 6.45) is 8.22. The van der Waals surface area contributed by atoms with E-state index in [0.717, 1.165) is 30.0 Å². The van der Waals surface area contributed by atoms with E-state index in [-0.39, 0.29) is 4.75 Å². The van der Waals surface area contributed by atoms with Crippen LogP contribution in [0.2, 0.25) is 0 Å². The average Bonchev–Trinajstić information content (AvgIpc) is 2.54. The van der Waals surface area contributed by atoms with Crippen molar-refractivity contribution in [3.63, 3.8) is 0 Å². The Bertz CT molecular complexity index is 624. The first-order valence-corrected chi connectivity index (χ1v) is 9.88. The number of fused-ring (bicyclic) bond motifs is 1. The van der Waals surface area contributed by atoms with Gasteiger partial charge in [0.15, 0.2) is 0 Å². The van der Waals surface area contributed by atoms with E-state index < -0.39 is 0 Å². The van der Waals surface area contributed by atoms with Crippen LogP contribution in [0.25, 0.3) is 0 Å². The minimum absolute atomic E-state index is 0.201. The summed E-state index contributed by atoms with van der Waals surface area (Å²) in [6, 6.07) is 2.95. The summed E-state index contributed by atoms with van der Waals surface area (Å²) in [5.41, 5.74) is 4.56. The summed E-state index contributed by atoms with van der Waals surface area (Å²) in [5, 5.41) is 13.4. The van der Waals surface area contributed by atoms with Crippen LogP contribution in [0.5, 0.6) is 0 Å². The molecule has 1 saturated carbocycles. The highest BCUT2D eigenvalue weighted by atomic mass is 32.2. The van der Waals surface area contributed by atoms with Crippen molar-refractivity contribution >= 4 is 17.6 Å². The van der Waals surface area contributed by atoms with Gasteiger partial charge in [0.1, 0.15) is 11.9 Å². The molecule has 1 aliphatic carbocycles. The van der Waals surface area contributed by atoms with Gasteiger partial charge in [-0.3, -0.25) is 0 Å². The fourth-order valence-electron chi connectivity index (χ4n) is 3.79. The second-order valence-electron chi connectivity index (χ2n) is 7.41. The molecule has 0 saturated heterocycles. The molecule has 4 heteroatoms. The lowest BCUT2D eigenvalue weighted by Crippen LogP contribution is -2.28. The van der Waals surface area contributed by atoms with Crippen molar-refractivity contribution in [1.82, 2.24) is 4.98 Å². The molecule has 0 atom stereocenters. The number of rotatable bonds is 3. The molecule has 1 aromatic heterocycles. The van der Waals surface area contributed by atoms with Crippen molar-refractivity contribution < 1.29 is 0 Å². The first-order chi connectivity index (χ1) is 11.0. The van der Waals surface area contributed by atoms with Gasteiger partial charge in [0.25, 0.3) is 0 Å². The van der Waals surface area contributed by atoms with E-state index >= 15 is 0 Å². The first-order valence-electron chi connectivity index (χ1n) is 8.89. The Morgan fingerprint density at radius 3 is 2.65 bits per heavy atom. The third-order valence-corrected chi connectivity index (χ3v) is 6.46. The quantitative estimate of drug-likeness (QED) is 0.863. The Labute approximate surface area is 144 Å². The van der Waals surface area contributed by atoms with Crippen LogP contribution >= 0.6 is 11.8 Å². The maximum absolute atomic E-state index is 9.80. The van der Waals surface area contributed by atoms with Crippen LogP contribution in [0, 0.1) is 11.3 Å². The van der Waals surface area contributed by atoms with Crippen molar-refractivity contribution in [1.29, 1.82) is 5.26 Å². The number of hydrogen-bond acceptors (Lipinski definition) is 4. The van der Waals surface area contributed by atoms with Gasteiger partial charge >= 0.3 is 0 Å². The monoisotopic (exact) mass is 329 g/mol. The highest BCUT2D eigenvalue weighted by Gasteiger charge is 2.31. The SMILES string of the molecule is CCc1nc(NC2CCCCC2)c(C#N)c2c1CSC(C)(C)C2. The number of nitrogens with one attached hydrogen (secondary N) is 1. The molecule has 3 rings (SSSR count). The summed E-state index contributed by atoms with van der Waals surface area (Å²) in [7, 11) is 0. The zero-order chi connectivity index (χ0) is 16.4. The van der Waals surface area contributed by atoms with Crippen LogP contribution in [0.1, 0.15) is 75.3 Å². The fraction of sp³-hybridized carbons (Fsp3) is 0.684. The Kier molecular flexibility index (Phi) is 4.87. The molecule has 0 amide bonds. The number of pyridine rings is 1. The smallest absolute Gasteiger partial charge is 0.144 e. The lowest BCUT2D eigenvalue weighted by Gasteiger charge is -2.33. The second kappa shape index (κ2) is 6.73. The summed E-state index contributed by atoms with van der Waals surface area (Å²) < 4.78 is 0.201. The van der Waals surface area contributed by atoms with E-state index in [4.69, 9.17) is 4.98 Å². The normalized spacial score (nSPS) is 20.6. The van der Waals surface area contributed by atoms with Gasteiger partial charge in [-0.05, 0) is 36.8 Å². The third kappa shape index (κ3) is 3.50. The molecule has 1 aliphatic heterocycles. The Balaban J connectivity index is 2.00. The molecule has 0 bridgehead atoms. The third-order valence-electron chi connectivity index (χ3n) is 5.10. The summed E-state index contributed by atoms with van der Waals surface area (Å²) in [4.78, 5) is 4.87. The van der Waals surface area contributed by atoms with Crippen molar-refractivity contribution in [3.05, 3.63) is 22.4 Å². The van der Waals surface area contributed by atoms with E-state index in [1.165, 1.54) is 48.9 Å². The second-order valence-corrected chi connectivity index (χ2v) is 9.09. The van der Waals surface area contributed by atoms with Gasteiger partial charge in [-0.15, -0.1) is 0 Å². The molecule has 0 unspecified atom stereocenters. The molecular weight excluding hydrogens is 302 g/mol. The standard InChI is InChI=1S/C19H27N3S/c1-4-17-16-12-23-19(2,3)10-14(16)15(11-20)18(22-17)21-13-8-6-5-7-9-13/h13H,4-10,12H2,1-3H3,(H,21,22). The average molecular weight is 330 g/mol. The Morgan fingerprint density at radius 2 is 2.00 bits per heavy atom. The van der Waals surface area contributed by atoms with Crippen LogP contribution < -0.4 is 5.32 Å². The minimum atomic E-state index is 0.201. The Hall–Kier alpha value is -1.21. The number of thioether (sulfide) groups is 1. The van der Waals surface area contributed by atoms with Gasteiger partial charge in [0.2, 0.25) is 0 Å². The van der Waals surface area contributed by atoms with Gasteiger partial charge in [-0.2, -0.15) is 17.0 Å². The first kappa shape index (κ1) is 16.6. The molecule has 124 valence electrons. The molecule has 1 aromatic rings. The van der Waals surface area contributed by atoms with Crippen molar-refractivity contribution in [3.8, 4) is 6.07 Å². The van der Waals surface area contributed by atoms with Crippen LogP contribution in [0.15, 0.2) is 0 Å². The van der Waals surface area contributed by atoms with Gasteiger partial charge in [-0.1, -0.05) is 40.0 Å². The minimum Gasteiger partial charge on any atom is -0.366 e. The predicted octanol–water partition coefficient (Wildman–Crippen LogP) is 4.83. The molecule has 0 spiro atoms. The lowest BCUT2D eigenvalue weighted by atomic mass is 9.91. The van der Waals surface area contributed by atoms with Crippen LogP contribution in [0.4, 0.5) is 5.82 Å². The van der Waals surface area contributed by atoms with Crippen molar-refractivity contribution in [2.75, 3.05) is 5.32 Å². The van der Waals surface area contributed by atoms with Crippen LogP contribution in [0.3, 0.4) is 0 Å². The number of nitriles is 1. The van der Waals surface area contributed by atoms with Gasteiger partial charge in [0.05, 0.1) is 5.56 Å². The molecule has 2 aliphatic rings. The summed E-state index contributed by atoms with van der Waals surface area (Å²) in [6.45, 7) is 6.73. The maximum Gasteiger partial charge on any atom is 0.144 e.